The van der Waals surface area contributed by atoms with Gasteiger partial charge >= 0.3 is 0 Å². The van der Waals surface area contributed by atoms with Crippen LogP contribution in [-0.2, 0) is 12.4 Å². The number of imidazole rings is 1. The maximum atomic E-state index is 6.12. The molecule has 2 heterocycles. The lowest BCUT2D eigenvalue weighted by Crippen LogP contribution is -2.06. The minimum Gasteiger partial charge on any atom is -0.280 e. The number of fused-ring (bicyclic) bond motifs is 1. The van der Waals surface area contributed by atoms with Gasteiger partial charge in [-0.05, 0) is 51.0 Å². The van der Waals surface area contributed by atoms with Gasteiger partial charge in [0.2, 0.25) is 0 Å². The van der Waals surface area contributed by atoms with Gasteiger partial charge in [0.1, 0.15) is 11.3 Å². The van der Waals surface area contributed by atoms with E-state index >= 15 is 0 Å². The first-order chi connectivity index (χ1) is 10.1. The summed E-state index contributed by atoms with van der Waals surface area (Å²) in [6, 6.07) is 6.42. The van der Waals surface area contributed by atoms with Crippen LogP contribution >= 0.6 is 11.6 Å². The fraction of sp³-hybridized carbons (Fsp3) is 0.375. The fourth-order valence-electron chi connectivity index (χ4n) is 2.66. The summed E-state index contributed by atoms with van der Waals surface area (Å²) in [6.07, 6.45) is 0. The van der Waals surface area contributed by atoms with Crippen molar-refractivity contribution < 1.29 is 0 Å². The number of benzene rings is 1. The summed E-state index contributed by atoms with van der Waals surface area (Å²) in [6.45, 7) is 9.12. The predicted octanol–water partition coefficient (Wildman–Crippen LogP) is 3.91. The lowest BCUT2D eigenvalue weighted by Gasteiger charge is -2.11. The zero-order valence-electron chi connectivity index (χ0n) is 12.8. The Kier molecular flexibility index (Phi) is 3.49. The van der Waals surface area contributed by atoms with Crippen molar-refractivity contribution in [3.8, 4) is 5.69 Å². The molecule has 0 fully saturated rings. The van der Waals surface area contributed by atoms with Crippen molar-refractivity contribution in [3.63, 3.8) is 0 Å². The number of aryl methyl sites for hydroxylation is 4. The fourth-order valence-corrected chi connectivity index (χ4v) is 2.84. The molecule has 3 aromatic rings. The second-order valence-corrected chi connectivity index (χ2v) is 5.61. The summed E-state index contributed by atoms with van der Waals surface area (Å²) >= 11 is 6.12. The van der Waals surface area contributed by atoms with E-state index in [1.165, 1.54) is 11.1 Å². The van der Waals surface area contributed by atoms with Gasteiger partial charge in [-0.25, -0.2) is 9.67 Å². The SMILES string of the molecule is CCn1nc(C)c2nc(CCl)n(-c3ccc(C)c(C)c3)c21. The van der Waals surface area contributed by atoms with Crippen LogP contribution in [0.3, 0.4) is 0 Å². The van der Waals surface area contributed by atoms with Crippen molar-refractivity contribution in [1.82, 2.24) is 19.3 Å². The monoisotopic (exact) mass is 302 g/mol. The molecule has 0 radical (unpaired) electrons. The van der Waals surface area contributed by atoms with Crippen LogP contribution in [0.4, 0.5) is 0 Å². The van der Waals surface area contributed by atoms with Crippen LogP contribution in [0.25, 0.3) is 16.9 Å². The molecule has 0 bridgehead atoms. The number of hydrogen-bond donors (Lipinski definition) is 0. The molecule has 0 amide bonds. The van der Waals surface area contributed by atoms with Crippen molar-refractivity contribution in [3.05, 3.63) is 40.8 Å². The summed E-state index contributed by atoms with van der Waals surface area (Å²) in [4.78, 5) is 4.68. The van der Waals surface area contributed by atoms with Crippen LogP contribution < -0.4 is 0 Å². The third-order valence-corrected chi connectivity index (χ3v) is 4.19. The molecule has 0 atom stereocenters. The van der Waals surface area contributed by atoms with Crippen molar-refractivity contribution in [2.24, 2.45) is 0 Å². The molecule has 0 aliphatic heterocycles. The molecule has 2 aromatic heterocycles. The molecular weight excluding hydrogens is 284 g/mol. The standard InChI is InChI=1S/C16H19ClN4/c1-5-20-16-15(12(4)19-20)18-14(9-17)21(16)13-7-6-10(2)11(3)8-13/h6-8H,5,9H2,1-4H3. The van der Waals surface area contributed by atoms with E-state index in [0.29, 0.717) is 5.88 Å². The molecule has 0 saturated carbocycles. The minimum atomic E-state index is 0.380. The second-order valence-electron chi connectivity index (χ2n) is 5.34. The first-order valence-corrected chi connectivity index (χ1v) is 7.68. The summed E-state index contributed by atoms with van der Waals surface area (Å²) in [5.41, 5.74) is 6.53. The number of rotatable bonds is 3. The molecule has 5 heteroatoms. The lowest BCUT2D eigenvalue weighted by molar-refractivity contribution is 0.660. The van der Waals surface area contributed by atoms with Gasteiger partial charge in [0.15, 0.2) is 5.65 Å². The average molecular weight is 303 g/mol. The summed E-state index contributed by atoms with van der Waals surface area (Å²) in [7, 11) is 0. The van der Waals surface area contributed by atoms with Crippen LogP contribution in [0.2, 0.25) is 0 Å². The van der Waals surface area contributed by atoms with Gasteiger partial charge in [-0.2, -0.15) is 5.10 Å². The Morgan fingerprint density at radius 1 is 1.14 bits per heavy atom. The number of nitrogens with zero attached hydrogens (tertiary/aromatic N) is 4. The molecule has 0 N–H and O–H groups in total. The van der Waals surface area contributed by atoms with Crippen molar-refractivity contribution in [2.45, 2.75) is 40.1 Å². The van der Waals surface area contributed by atoms with Gasteiger partial charge in [0, 0.05) is 12.2 Å². The summed E-state index contributed by atoms with van der Waals surface area (Å²) in [5, 5.41) is 4.56. The number of hydrogen-bond acceptors (Lipinski definition) is 2. The van der Waals surface area contributed by atoms with Gasteiger partial charge in [0.05, 0.1) is 11.6 Å². The molecule has 0 aliphatic carbocycles. The Bertz CT molecular complexity index is 813. The third kappa shape index (κ3) is 2.14. The minimum absolute atomic E-state index is 0.380. The molecule has 110 valence electrons. The highest BCUT2D eigenvalue weighted by molar-refractivity contribution is 6.17. The van der Waals surface area contributed by atoms with Crippen LogP contribution in [0, 0.1) is 20.8 Å². The molecule has 3 rings (SSSR count). The Balaban J connectivity index is 2.36. The largest absolute Gasteiger partial charge is 0.280 e. The average Bonchev–Trinajstić information content (AvgIpc) is 2.99. The molecular formula is C16H19ClN4. The van der Waals surface area contributed by atoms with Crippen molar-refractivity contribution >= 4 is 22.8 Å². The molecule has 21 heavy (non-hydrogen) atoms. The van der Waals surface area contributed by atoms with Crippen molar-refractivity contribution in [1.29, 1.82) is 0 Å². The van der Waals surface area contributed by atoms with E-state index in [0.717, 1.165) is 34.9 Å². The summed E-state index contributed by atoms with van der Waals surface area (Å²) in [5.74, 6) is 1.24. The van der Waals surface area contributed by atoms with Crippen LogP contribution in [0.1, 0.15) is 29.6 Å². The quantitative estimate of drug-likeness (QED) is 0.688. The van der Waals surface area contributed by atoms with Gasteiger partial charge in [-0.3, -0.25) is 4.57 Å². The second kappa shape index (κ2) is 5.19. The number of halogens is 1. The maximum Gasteiger partial charge on any atom is 0.163 e. The zero-order chi connectivity index (χ0) is 15.1. The van der Waals surface area contributed by atoms with E-state index in [9.17, 15) is 0 Å². The number of aromatic nitrogens is 4. The van der Waals surface area contributed by atoms with E-state index in [1.807, 2.05) is 11.6 Å². The van der Waals surface area contributed by atoms with Crippen LogP contribution in [0.5, 0.6) is 0 Å². The highest BCUT2D eigenvalue weighted by Crippen LogP contribution is 2.26. The summed E-state index contributed by atoms with van der Waals surface area (Å²) < 4.78 is 4.11. The van der Waals surface area contributed by atoms with Gasteiger partial charge in [-0.1, -0.05) is 6.07 Å². The van der Waals surface area contributed by atoms with E-state index < -0.39 is 0 Å². The third-order valence-electron chi connectivity index (χ3n) is 3.95. The normalized spacial score (nSPS) is 11.5. The Morgan fingerprint density at radius 2 is 1.90 bits per heavy atom. The molecule has 0 spiro atoms. The van der Waals surface area contributed by atoms with E-state index in [-0.39, 0.29) is 0 Å². The molecule has 0 unspecified atom stereocenters. The first kappa shape index (κ1) is 14.1. The molecule has 1 aromatic carbocycles. The van der Waals surface area contributed by atoms with Crippen LogP contribution in [0.15, 0.2) is 18.2 Å². The lowest BCUT2D eigenvalue weighted by atomic mass is 10.1. The smallest absolute Gasteiger partial charge is 0.163 e. The highest BCUT2D eigenvalue weighted by Gasteiger charge is 2.19. The van der Waals surface area contributed by atoms with E-state index in [4.69, 9.17) is 11.6 Å². The Hall–Kier alpha value is -1.81. The van der Waals surface area contributed by atoms with E-state index in [2.05, 4.69) is 53.6 Å². The maximum absolute atomic E-state index is 6.12. The predicted molar refractivity (Wildman–Crippen MR) is 86.3 cm³/mol. The van der Waals surface area contributed by atoms with Crippen LogP contribution in [-0.4, -0.2) is 19.3 Å². The Labute approximate surface area is 129 Å². The van der Waals surface area contributed by atoms with Gasteiger partial charge in [-0.15, -0.1) is 11.6 Å². The molecule has 4 nitrogen and oxygen atoms in total. The van der Waals surface area contributed by atoms with Gasteiger partial charge in [0.25, 0.3) is 0 Å². The molecule has 0 aliphatic rings. The molecule has 0 saturated heterocycles. The zero-order valence-corrected chi connectivity index (χ0v) is 13.6. The van der Waals surface area contributed by atoms with Crippen molar-refractivity contribution in [2.75, 3.05) is 0 Å². The number of alkyl halides is 1. The topological polar surface area (TPSA) is 35.6 Å². The Morgan fingerprint density at radius 3 is 2.52 bits per heavy atom. The van der Waals surface area contributed by atoms with Gasteiger partial charge < -0.3 is 0 Å². The first-order valence-electron chi connectivity index (χ1n) is 7.15. The van der Waals surface area contributed by atoms with E-state index in [1.54, 1.807) is 0 Å². The highest BCUT2D eigenvalue weighted by atomic mass is 35.5.